The van der Waals surface area contributed by atoms with Crippen molar-refractivity contribution in [2.75, 3.05) is 7.05 Å². The van der Waals surface area contributed by atoms with Gasteiger partial charge in [-0.2, -0.15) is 0 Å². The normalized spacial score (nSPS) is 10.6. The summed E-state index contributed by atoms with van der Waals surface area (Å²) in [6.07, 6.45) is 6.18. The molecule has 1 nitrogen and oxygen atoms in total. The number of rotatable bonds is 4. The first-order valence-electron chi connectivity index (χ1n) is 5.35. The summed E-state index contributed by atoms with van der Waals surface area (Å²) in [5, 5.41) is 0. The van der Waals surface area contributed by atoms with E-state index in [0.29, 0.717) is 0 Å². The molecule has 80 valence electrons. The van der Waals surface area contributed by atoms with Crippen molar-refractivity contribution in [3.63, 3.8) is 0 Å². The lowest BCUT2D eigenvalue weighted by Crippen LogP contribution is -1.94. The Hall–Kier alpha value is -1.37. The Morgan fingerprint density at radius 1 is 1.13 bits per heavy atom. The third-order valence-corrected chi connectivity index (χ3v) is 2.34. The van der Waals surface area contributed by atoms with Crippen LogP contribution in [-0.2, 0) is 12.8 Å². The second kappa shape index (κ2) is 6.18. The summed E-state index contributed by atoms with van der Waals surface area (Å²) in [7, 11) is 1.82. The second-order valence-electron chi connectivity index (χ2n) is 3.90. The van der Waals surface area contributed by atoms with Gasteiger partial charge in [-0.1, -0.05) is 35.9 Å². The van der Waals surface area contributed by atoms with E-state index in [1.807, 2.05) is 13.3 Å². The van der Waals surface area contributed by atoms with E-state index in [9.17, 15) is 0 Å². The summed E-state index contributed by atoms with van der Waals surface area (Å²) in [6.45, 7) is 4.27. The van der Waals surface area contributed by atoms with E-state index in [2.05, 4.69) is 49.2 Å². The summed E-state index contributed by atoms with van der Waals surface area (Å²) in [5.41, 5.74) is 4.15. The van der Waals surface area contributed by atoms with Crippen LogP contribution >= 0.6 is 0 Å². The fourth-order valence-electron chi connectivity index (χ4n) is 1.46. The third-order valence-electron chi connectivity index (χ3n) is 2.34. The molecule has 0 amide bonds. The molecule has 0 aliphatic carbocycles. The molecule has 0 saturated heterocycles. The van der Waals surface area contributed by atoms with E-state index < -0.39 is 0 Å². The molecule has 1 rings (SSSR count). The first-order valence-corrected chi connectivity index (χ1v) is 5.35. The van der Waals surface area contributed by atoms with E-state index in [-0.39, 0.29) is 0 Å². The molecule has 0 aromatic heterocycles. The predicted molar refractivity (Wildman–Crippen MR) is 67.7 cm³/mol. The molecular weight excluding hydrogens is 182 g/mol. The minimum Gasteiger partial charge on any atom is -0.301 e. The van der Waals surface area contributed by atoms with E-state index >= 15 is 0 Å². The average Bonchev–Trinajstić information content (AvgIpc) is 2.24. The highest BCUT2D eigenvalue weighted by Gasteiger charge is 1.98. The topological polar surface area (TPSA) is 12.4 Å². The van der Waals surface area contributed by atoms with Crippen LogP contribution in [-0.4, -0.2) is 13.3 Å². The average molecular weight is 201 g/mol. The maximum absolute atomic E-state index is 4.03. The number of hydrogen-bond donors (Lipinski definition) is 0. The fraction of sp³-hybridized carbons (Fsp3) is 0.357. The van der Waals surface area contributed by atoms with Gasteiger partial charge in [0.2, 0.25) is 0 Å². The summed E-state index contributed by atoms with van der Waals surface area (Å²) < 4.78 is 0. The quantitative estimate of drug-likeness (QED) is 0.522. The summed E-state index contributed by atoms with van der Waals surface area (Å²) in [4.78, 5) is 4.03. The highest BCUT2D eigenvalue weighted by atomic mass is 14.6. The van der Waals surface area contributed by atoms with Crippen LogP contribution in [0.4, 0.5) is 0 Å². The third kappa shape index (κ3) is 4.11. The van der Waals surface area contributed by atoms with E-state index in [0.717, 1.165) is 12.8 Å². The molecule has 0 atom stereocenters. The van der Waals surface area contributed by atoms with Crippen LogP contribution in [0.2, 0.25) is 0 Å². The minimum atomic E-state index is 0.934. The number of hydrogen-bond acceptors (Lipinski definition) is 1. The zero-order chi connectivity index (χ0) is 11.1. The first-order chi connectivity index (χ1) is 7.24. The highest BCUT2D eigenvalue weighted by Crippen LogP contribution is 2.11. The highest BCUT2D eigenvalue weighted by molar-refractivity contribution is 5.62. The van der Waals surface area contributed by atoms with Crippen molar-refractivity contribution >= 4 is 6.21 Å². The Kier molecular flexibility index (Phi) is 4.82. The first kappa shape index (κ1) is 11.7. The number of nitrogens with zero attached hydrogens (tertiary/aromatic N) is 1. The van der Waals surface area contributed by atoms with E-state index in [4.69, 9.17) is 0 Å². The Morgan fingerprint density at radius 3 is 2.27 bits per heavy atom. The van der Waals surface area contributed by atoms with Gasteiger partial charge in [0.1, 0.15) is 0 Å². The maximum atomic E-state index is 4.03. The smallest absolute Gasteiger partial charge is 0.0273 e. The zero-order valence-electron chi connectivity index (χ0n) is 9.83. The summed E-state index contributed by atoms with van der Waals surface area (Å²) >= 11 is 0. The SMILES string of the molecule is CN=CCc1ccccc1CC=C(C)C. The van der Waals surface area contributed by atoms with Crippen LogP contribution in [0, 0.1) is 0 Å². The van der Waals surface area contributed by atoms with Crippen molar-refractivity contribution in [1.29, 1.82) is 0 Å². The van der Waals surface area contributed by atoms with Crippen LogP contribution < -0.4 is 0 Å². The van der Waals surface area contributed by atoms with Crippen LogP contribution in [0.5, 0.6) is 0 Å². The van der Waals surface area contributed by atoms with Gasteiger partial charge >= 0.3 is 0 Å². The molecule has 0 N–H and O–H groups in total. The van der Waals surface area contributed by atoms with Crippen LogP contribution in [0.1, 0.15) is 25.0 Å². The van der Waals surface area contributed by atoms with Crippen molar-refractivity contribution in [1.82, 2.24) is 0 Å². The van der Waals surface area contributed by atoms with Gasteiger partial charge in [-0.05, 0) is 31.4 Å². The molecule has 0 bridgehead atoms. The number of allylic oxidation sites excluding steroid dienone is 2. The van der Waals surface area contributed by atoms with Gasteiger partial charge < -0.3 is 4.99 Å². The van der Waals surface area contributed by atoms with Gasteiger partial charge in [0.05, 0.1) is 0 Å². The molecule has 0 spiro atoms. The van der Waals surface area contributed by atoms with Gasteiger partial charge in [-0.15, -0.1) is 0 Å². The monoisotopic (exact) mass is 201 g/mol. The van der Waals surface area contributed by atoms with E-state index in [1.165, 1.54) is 16.7 Å². The molecule has 0 unspecified atom stereocenters. The zero-order valence-corrected chi connectivity index (χ0v) is 9.83. The number of benzene rings is 1. The van der Waals surface area contributed by atoms with Crippen LogP contribution in [0.25, 0.3) is 0 Å². The van der Waals surface area contributed by atoms with Crippen LogP contribution in [0.3, 0.4) is 0 Å². The van der Waals surface area contributed by atoms with Gasteiger partial charge in [0.25, 0.3) is 0 Å². The van der Waals surface area contributed by atoms with Crippen molar-refractivity contribution < 1.29 is 0 Å². The number of aliphatic imine (C=N–C) groups is 1. The summed E-state index contributed by atoms with van der Waals surface area (Å²) in [5.74, 6) is 0. The minimum absolute atomic E-state index is 0.934. The lowest BCUT2D eigenvalue weighted by molar-refractivity contribution is 1.15. The lowest BCUT2D eigenvalue weighted by atomic mass is 10.0. The van der Waals surface area contributed by atoms with Gasteiger partial charge in [-0.3, -0.25) is 0 Å². The van der Waals surface area contributed by atoms with Gasteiger partial charge in [0.15, 0.2) is 0 Å². The molecular formula is C14H19N. The van der Waals surface area contributed by atoms with Crippen molar-refractivity contribution in [3.05, 3.63) is 47.0 Å². The predicted octanol–water partition coefficient (Wildman–Crippen LogP) is 3.44. The van der Waals surface area contributed by atoms with Crippen molar-refractivity contribution in [2.24, 2.45) is 4.99 Å². The molecule has 1 heteroatoms. The van der Waals surface area contributed by atoms with Crippen molar-refractivity contribution in [3.8, 4) is 0 Å². The molecule has 0 radical (unpaired) electrons. The molecule has 1 aromatic rings. The van der Waals surface area contributed by atoms with E-state index in [1.54, 1.807) is 0 Å². The molecule has 0 aliphatic heterocycles. The molecule has 0 fully saturated rings. The second-order valence-corrected chi connectivity index (χ2v) is 3.90. The molecule has 0 heterocycles. The largest absolute Gasteiger partial charge is 0.301 e. The Morgan fingerprint density at radius 2 is 1.73 bits per heavy atom. The molecule has 15 heavy (non-hydrogen) atoms. The van der Waals surface area contributed by atoms with Crippen LogP contribution in [0.15, 0.2) is 40.9 Å². The molecule has 1 aromatic carbocycles. The van der Waals surface area contributed by atoms with Gasteiger partial charge in [-0.25, -0.2) is 0 Å². The summed E-state index contributed by atoms with van der Waals surface area (Å²) in [6, 6.07) is 8.56. The molecule has 0 aliphatic rings. The molecule has 0 saturated carbocycles. The lowest BCUT2D eigenvalue weighted by Gasteiger charge is -2.04. The Labute approximate surface area is 92.6 Å². The van der Waals surface area contributed by atoms with Gasteiger partial charge in [0, 0.05) is 19.7 Å². The van der Waals surface area contributed by atoms with Crippen molar-refractivity contribution in [2.45, 2.75) is 26.7 Å². The Bertz CT molecular complexity index is 357. The maximum Gasteiger partial charge on any atom is 0.0273 e. The standard InChI is InChI=1S/C14H19N/c1-12(2)8-9-13-6-4-5-7-14(13)10-11-15-3/h4-8,11H,9-10H2,1-3H3. The Balaban J connectivity index is 2.81. The fourth-order valence-corrected chi connectivity index (χ4v) is 1.46.